The van der Waals surface area contributed by atoms with Crippen LogP contribution in [0.1, 0.15) is 214 Å². The molecule has 0 saturated heterocycles. The first-order valence-electron chi connectivity index (χ1n) is 30.7. The molecule has 0 fully saturated rings. The molecule has 2 atom stereocenters. The van der Waals surface area contributed by atoms with E-state index in [1.165, 1.54) is 77.0 Å². The van der Waals surface area contributed by atoms with Crippen LogP contribution < -0.4 is 10.6 Å². The largest absolute Gasteiger partial charge is 0.465 e. The lowest BCUT2D eigenvalue weighted by molar-refractivity contribution is -0.146. The molecular formula is C60H116N2O14. The summed E-state index contributed by atoms with van der Waals surface area (Å²) in [7, 11) is 1.60. The van der Waals surface area contributed by atoms with Crippen LogP contribution in [-0.2, 0) is 66.5 Å². The van der Waals surface area contributed by atoms with E-state index < -0.39 is 5.97 Å². The van der Waals surface area contributed by atoms with Gasteiger partial charge in [-0.15, -0.1) is 0 Å². The van der Waals surface area contributed by atoms with Crippen LogP contribution in [-0.4, -0.2) is 162 Å². The van der Waals surface area contributed by atoms with Crippen molar-refractivity contribution in [1.82, 2.24) is 10.6 Å². The van der Waals surface area contributed by atoms with Gasteiger partial charge in [0, 0.05) is 39.7 Å². The Morgan fingerprint density at radius 1 is 0.355 bits per heavy atom. The van der Waals surface area contributed by atoms with Crippen LogP contribution in [0, 0.1) is 11.8 Å². The molecule has 0 saturated carbocycles. The number of Topliss-reactive ketones (excluding diaryl/α,β-unsaturated/α-hetero) is 1. The Labute approximate surface area is 463 Å². The van der Waals surface area contributed by atoms with Gasteiger partial charge >= 0.3 is 17.9 Å². The van der Waals surface area contributed by atoms with Gasteiger partial charge in [-0.25, -0.2) is 0 Å². The van der Waals surface area contributed by atoms with Crippen molar-refractivity contribution in [3.8, 4) is 0 Å². The van der Waals surface area contributed by atoms with Gasteiger partial charge in [0.05, 0.1) is 98.9 Å². The van der Waals surface area contributed by atoms with E-state index in [0.717, 1.165) is 96.3 Å². The summed E-state index contributed by atoms with van der Waals surface area (Å²) in [5.74, 6) is 0.407. The number of rotatable bonds is 63. The number of esters is 3. The van der Waals surface area contributed by atoms with Crippen molar-refractivity contribution in [1.29, 1.82) is 0 Å². The Bertz CT molecular complexity index is 1260. The summed E-state index contributed by atoms with van der Waals surface area (Å²) < 4.78 is 56.5. The minimum atomic E-state index is -0.447. The lowest BCUT2D eigenvalue weighted by Gasteiger charge is -2.18. The van der Waals surface area contributed by atoms with Crippen molar-refractivity contribution in [2.45, 2.75) is 220 Å². The number of unbranched alkanes of at least 4 members (excludes halogenated alkanes) is 17. The van der Waals surface area contributed by atoms with Crippen LogP contribution in [0.25, 0.3) is 0 Å². The molecule has 0 aromatic carbocycles. The van der Waals surface area contributed by atoms with Crippen molar-refractivity contribution in [2.24, 2.45) is 11.8 Å². The molecule has 450 valence electrons. The SMILES string of the molecule is CCCCCCC(CCCC)COC(=O)CCCCCCCOCC(COCCOCCOCCOCCOC(=O)CNCC(=O)CNCCOC)OCCCCCCCCC(=O)OCC(CCCCC)CCCCC. The maximum absolute atomic E-state index is 12.5. The molecular weight excluding hydrogens is 973 g/mol. The number of ketones is 1. The maximum Gasteiger partial charge on any atom is 0.320 e. The highest BCUT2D eigenvalue weighted by Gasteiger charge is 2.15. The van der Waals surface area contributed by atoms with Gasteiger partial charge in [0.2, 0.25) is 0 Å². The maximum atomic E-state index is 12.5. The number of hydrogen-bond acceptors (Lipinski definition) is 16. The van der Waals surface area contributed by atoms with Gasteiger partial charge in [-0.05, 0) is 63.2 Å². The predicted molar refractivity (Wildman–Crippen MR) is 303 cm³/mol. The summed E-state index contributed by atoms with van der Waals surface area (Å²) in [6.45, 7) is 16.4. The van der Waals surface area contributed by atoms with Gasteiger partial charge in [-0.3, -0.25) is 19.2 Å². The number of carbonyl (C=O) groups is 4. The third kappa shape index (κ3) is 55.1. The Kier molecular flexibility index (Phi) is 58.6. The first-order chi connectivity index (χ1) is 37.3. The molecule has 0 spiro atoms. The highest BCUT2D eigenvalue weighted by atomic mass is 16.6. The zero-order valence-corrected chi connectivity index (χ0v) is 49.4. The van der Waals surface area contributed by atoms with Gasteiger partial charge in [0.15, 0.2) is 5.78 Å². The molecule has 0 aliphatic heterocycles. The number of hydrogen-bond donors (Lipinski definition) is 2. The van der Waals surface area contributed by atoms with E-state index in [2.05, 4.69) is 38.3 Å². The molecule has 0 aliphatic carbocycles. The second-order valence-electron chi connectivity index (χ2n) is 20.5. The first kappa shape index (κ1) is 73.7. The van der Waals surface area contributed by atoms with Crippen LogP contribution in [0.2, 0.25) is 0 Å². The van der Waals surface area contributed by atoms with E-state index in [1.54, 1.807) is 7.11 Å². The number of methoxy groups -OCH3 is 1. The summed E-state index contributed by atoms with van der Waals surface area (Å²) in [5.41, 5.74) is 0. The molecule has 0 amide bonds. The van der Waals surface area contributed by atoms with Crippen LogP contribution in [0.15, 0.2) is 0 Å². The lowest BCUT2D eigenvalue weighted by atomic mass is 9.96. The Hall–Kier alpha value is -2.28. The summed E-state index contributed by atoms with van der Waals surface area (Å²) >= 11 is 0. The van der Waals surface area contributed by atoms with E-state index in [1.807, 2.05) is 0 Å². The molecule has 0 aromatic heterocycles. The average molecular weight is 1090 g/mol. The average Bonchev–Trinajstić information content (AvgIpc) is 3.41. The zero-order valence-electron chi connectivity index (χ0n) is 49.4. The normalized spacial score (nSPS) is 12.3. The van der Waals surface area contributed by atoms with E-state index in [9.17, 15) is 19.2 Å². The van der Waals surface area contributed by atoms with Crippen molar-refractivity contribution in [3.05, 3.63) is 0 Å². The minimum Gasteiger partial charge on any atom is -0.465 e. The summed E-state index contributed by atoms with van der Waals surface area (Å²) in [6, 6.07) is 0. The standard InChI is InChI=1S/C60H116N2O14/c1-6-10-14-24-32-54(29-13-9-4)50-75-58(64)34-26-19-17-20-27-36-71-52-57(73-37-28-21-16-15-18-25-33-59(65)76-51-55(30-22-11-7-2)31-23-12-8-3)53-72-44-43-69-40-39-68-41-42-70-45-46-74-60(66)49-62-48-56(63)47-61-35-38-67-5/h54-55,57,61-62H,6-53H2,1-5H3. The Morgan fingerprint density at radius 3 is 1.32 bits per heavy atom. The molecule has 0 aromatic rings. The highest BCUT2D eigenvalue weighted by molar-refractivity contribution is 5.83. The third-order valence-corrected chi connectivity index (χ3v) is 13.2. The zero-order chi connectivity index (χ0) is 55.5. The van der Waals surface area contributed by atoms with Crippen LogP contribution in [0.5, 0.6) is 0 Å². The molecule has 0 heterocycles. The number of carbonyl (C=O) groups excluding carboxylic acids is 4. The fourth-order valence-corrected chi connectivity index (χ4v) is 8.51. The summed E-state index contributed by atoms with van der Waals surface area (Å²) in [4.78, 5) is 48.6. The molecule has 0 radical (unpaired) electrons. The van der Waals surface area contributed by atoms with Crippen molar-refractivity contribution >= 4 is 23.7 Å². The summed E-state index contributed by atoms with van der Waals surface area (Å²) in [6.07, 6.45) is 31.4. The second-order valence-corrected chi connectivity index (χ2v) is 20.5. The van der Waals surface area contributed by atoms with Crippen LogP contribution >= 0.6 is 0 Å². The highest BCUT2D eigenvalue weighted by Crippen LogP contribution is 2.20. The molecule has 0 rings (SSSR count). The summed E-state index contributed by atoms with van der Waals surface area (Å²) in [5, 5.41) is 5.75. The van der Waals surface area contributed by atoms with Crippen molar-refractivity contribution < 1.29 is 66.5 Å². The van der Waals surface area contributed by atoms with E-state index in [-0.39, 0.29) is 56.7 Å². The van der Waals surface area contributed by atoms with Gasteiger partial charge in [0.1, 0.15) is 12.7 Å². The van der Waals surface area contributed by atoms with Gasteiger partial charge < -0.3 is 58.0 Å². The van der Waals surface area contributed by atoms with E-state index in [0.29, 0.717) is 117 Å². The van der Waals surface area contributed by atoms with Crippen LogP contribution in [0.4, 0.5) is 0 Å². The second kappa shape index (κ2) is 60.4. The fourth-order valence-electron chi connectivity index (χ4n) is 8.51. The van der Waals surface area contributed by atoms with E-state index in [4.69, 9.17) is 47.4 Å². The topological polar surface area (TPSA) is 185 Å². The van der Waals surface area contributed by atoms with Crippen molar-refractivity contribution in [3.63, 3.8) is 0 Å². The third-order valence-electron chi connectivity index (χ3n) is 13.2. The molecule has 0 bridgehead atoms. The van der Waals surface area contributed by atoms with Gasteiger partial charge in [0.25, 0.3) is 0 Å². The molecule has 16 heteroatoms. The predicted octanol–water partition coefficient (Wildman–Crippen LogP) is 11.1. The Balaban J connectivity index is 4.41. The van der Waals surface area contributed by atoms with Crippen molar-refractivity contribution in [2.75, 3.05) is 132 Å². The Morgan fingerprint density at radius 2 is 0.776 bits per heavy atom. The molecule has 0 aliphatic rings. The van der Waals surface area contributed by atoms with Gasteiger partial charge in [-0.1, -0.05) is 150 Å². The lowest BCUT2D eigenvalue weighted by Crippen LogP contribution is -2.35. The monoisotopic (exact) mass is 1090 g/mol. The van der Waals surface area contributed by atoms with E-state index >= 15 is 0 Å². The smallest absolute Gasteiger partial charge is 0.320 e. The van der Waals surface area contributed by atoms with Crippen LogP contribution in [0.3, 0.4) is 0 Å². The molecule has 2 N–H and O–H groups in total. The first-order valence-corrected chi connectivity index (χ1v) is 30.7. The number of nitrogens with one attached hydrogen (secondary N) is 2. The minimum absolute atomic E-state index is 0.0434. The fraction of sp³-hybridized carbons (Fsp3) is 0.933. The molecule has 16 nitrogen and oxygen atoms in total. The molecule has 2 unspecified atom stereocenters. The number of ether oxygens (including phenoxy) is 10. The molecule has 76 heavy (non-hydrogen) atoms. The quantitative estimate of drug-likeness (QED) is 0.0333. The van der Waals surface area contributed by atoms with Gasteiger partial charge in [-0.2, -0.15) is 0 Å².